The Labute approximate surface area is 148 Å². The van der Waals surface area contributed by atoms with E-state index in [0.29, 0.717) is 6.42 Å². The zero-order valence-corrected chi connectivity index (χ0v) is 15.8. The van der Waals surface area contributed by atoms with Gasteiger partial charge in [0.25, 0.3) is 0 Å². The highest BCUT2D eigenvalue weighted by Gasteiger charge is 2.05. The van der Waals surface area contributed by atoms with Crippen LogP contribution in [0.2, 0.25) is 0 Å². The molecule has 1 saturated heterocycles. The van der Waals surface area contributed by atoms with Gasteiger partial charge in [-0.2, -0.15) is 0 Å². The van der Waals surface area contributed by atoms with E-state index < -0.39 is 5.97 Å². The molecule has 1 rings (SSSR count). The quantitative estimate of drug-likeness (QED) is 0.413. The van der Waals surface area contributed by atoms with Crippen LogP contribution in [0.4, 0.5) is 0 Å². The van der Waals surface area contributed by atoms with Crippen LogP contribution < -0.4 is 5.32 Å². The predicted octanol–water partition coefficient (Wildman–Crippen LogP) is 5.45. The summed E-state index contributed by atoms with van der Waals surface area (Å²) < 4.78 is 0. The lowest BCUT2D eigenvalue weighted by molar-refractivity contribution is -0.137. The van der Waals surface area contributed by atoms with Gasteiger partial charge in [-0.15, -0.1) is 0 Å². The van der Waals surface area contributed by atoms with Gasteiger partial charge in [0.2, 0.25) is 5.91 Å². The summed E-state index contributed by atoms with van der Waals surface area (Å²) in [5.41, 5.74) is 0. The van der Waals surface area contributed by atoms with Gasteiger partial charge in [0.15, 0.2) is 0 Å². The molecule has 4 heteroatoms. The average Bonchev–Trinajstić information content (AvgIpc) is 3.03. The third-order valence-electron chi connectivity index (χ3n) is 4.40. The first kappa shape index (κ1) is 22.9. The normalized spacial score (nSPS) is 13.3. The van der Waals surface area contributed by atoms with Crippen molar-refractivity contribution in [2.24, 2.45) is 0 Å². The molecule has 1 aliphatic heterocycles. The molecule has 0 atom stereocenters. The Bertz CT molecular complexity index is 297. The highest BCUT2D eigenvalue weighted by Crippen LogP contribution is 2.12. The molecule has 4 nitrogen and oxygen atoms in total. The summed E-state index contributed by atoms with van der Waals surface area (Å²) in [6, 6.07) is 0. The zero-order chi connectivity index (χ0) is 17.9. The lowest BCUT2D eigenvalue weighted by Crippen LogP contribution is -2.12. The van der Waals surface area contributed by atoms with Crippen LogP contribution in [0.1, 0.15) is 110 Å². The fourth-order valence-electron chi connectivity index (χ4n) is 2.86. The van der Waals surface area contributed by atoms with Crippen LogP contribution in [0.5, 0.6) is 0 Å². The highest BCUT2D eigenvalue weighted by molar-refractivity contribution is 5.77. The van der Waals surface area contributed by atoms with Crippen molar-refractivity contribution in [1.82, 2.24) is 5.32 Å². The van der Waals surface area contributed by atoms with Gasteiger partial charge in [-0.1, -0.05) is 84.0 Å². The molecule has 2 N–H and O–H groups in total. The third kappa shape index (κ3) is 19.0. The van der Waals surface area contributed by atoms with Crippen molar-refractivity contribution < 1.29 is 14.7 Å². The zero-order valence-electron chi connectivity index (χ0n) is 15.8. The van der Waals surface area contributed by atoms with Crippen molar-refractivity contribution in [3.63, 3.8) is 0 Å². The maximum absolute atomic E-state index is 10.3. The Morgan fingerprint density at radius 3 is 1.62 bits per heavy atom. The molecule has 0 saturated carbocycles. The van der Waals surface area contributed by atoms with Gasteiger partial charge in [-0.3, -0.25) is 9.59 Å². The number of aliphatic carboxylic acids is 1. The molecular formula is C20H39NO3. The van der Waals surface area contributed by atoms with E-state index in [1.807, 2.05) is 0 Å². The summed E-state index contributed by atoms with van der Waals surface area (Å²) in [5, 5.41) is 11.2. The molecule has 1 heterocycles. The van der Waals surface area contributed by atoms with Crippen LogP contribution in [0, 0.1) is 0 Å². The molecule has 0 aliphatic carbocycles. The predicted molar refractivity (Wildman–Crippen MR) is 100 cm³/mol. The Kier molecular flexibility index (Phi) is 17.5. The number of carboxylic acid groups (broad SMARTS) is 1. The molecule has 1 aliphatic rings. The Morgan fingerprint density at radius 1 is 0.875 bits per heavy atom. The lowest BCUT2D eigenvalue weighted by atomic mass is 10.0. The second-order valence-electron chi connectivity index (χ2n) is 6.84. The number of carbonyl (C=O) groups excluding carboxylic acids is 1. The number of carboxylic acids is 1. The maximum atomic E-state index is 10.3. The first-order valence-corrected chi connectivity index (χ1v) is 10.1. The monoisotopic (exact) mass is 341 g/mol. The second-order valence-corrected chi connectivity index (χ2v) is 6.84. The van der Waals surface area contributed by atoms with Crippen LogP contribution in [0.25, 0.3) is 0 Å². The smallest absolute Gasteiger partial charge is 0.303 e. The maximum Gasteiger partial charge on any atom is 0.303 e. The lowest BCUT2D eigenvalue weighted by Gasteiger charge is -2.02. The number of hydrogen-bond acceptors (Lipinski definition) is 2. The van der Waals surface area contributed by atoms with Gasteiger partial charge in [0, 0.05) is 19.4 Å². The molecule has 0 unspecified atom stereocenters. The van der Waals surface area contributed by atoms with Crippen LogP contribution in [-0.4, -0.2) is 23.5 Å². The van der Waals surface area contributed by atoms with Gasteiger partial charge in [0.1, 0.15) is 0 Å². The fourth-order valence-corrected chi connectivity index (χ4v) is 2.86. The van der Waals surface area contributed by atoms with Gasteiger partial charge in [0.05, 0.1) is 0 Å². The van der Waals surface area contributed by atoms with E-state index in [2.05, 4.69) is 12.2 Å². The molecule has 0 radical (unpaired) electrons. The molecule has 0 aromatic heterocycles. The summed E-state index contributed by atoms with van der Waals surface area (Å²) in [5.74, 6) is -0.451. The summed E-state index contributed by atoms with van der Waals surface area (Å²) in [4.78, 5) is 20.4. The van der Waals surface area contributed by atoms with Gasteiger partial charge in [-0.05, 0) is 12.8 Å². The van der Waals surface area contributed by atoms with E-state index in [1.54, 1.807) is 0 Å². The standard InChI is InChI=1S/C16H32O2.C4H7NO/c1-2-3-4-5-6-7-8-9-10-11-12-13-14-15-16(17)18;6-4-2-1-3-5-4/h2-15H2,1H3,(H,17,18);1-3H2,(H,5,6). The first-order valence-electron chi connectivity index (χ1n) is 10.1. The molecule has 0 spiro atoms. The van der Waals surface area contributed by atoms with Crippen LogP contribution in [-0.2, 0) is 9.59 Å². The average molecular weight is 342 g/mol. The molecule has 0 aromatic rings. The summed E-state index contributed by atoms with van der Waals surface area (Å²) in [6.45, 7) is 3.15. The highest BCUT2D eigenvalue weighted by atomic mass is 16.4. The molecule has 24 heavy (non-hydrogen) atoms. The number of hydrogen-bond donors (Lipinski definition) is 2. The Balaban J connectivity index is 0.000000728. The van der Waals surface area contributed by atoms with Crippen LogP contribution in [0.15, 0.2) is 0 Å². The van der Waals surface area contributed by atoms with E-state index in [-0.39, 0.29) is 5.91 Å². The minimum atomic E-state index is -0.655. The van der Waals surface area contributed by atoms with Crippen LogP contribution >= 0.6 is 0 Å². The minimum absolute atomic E-state index is 0.204. The molecule has 1 fully saturated rings. The van der Waals surface area contributed by atoms with Crippen LogP contribution in [0.3, 0.4) is 0 Å². The largest absolute Gasteiger partial charge is 0.481 e. The van der Waals surface area contributed by atoms with Crippen molar-refractivity contribution in [1.29, 1.82) is 0 Å². The van der Waals surface area contributed by atoms with E-state index in [4.69, 9.17) is 5.11 Å². The van der Waals surface area contributed by atoms with E-state index in [0.717, 1.165) is 32.2 Å². The van der Waals surface area contributed by atoms with E-state index >= 15 is 0 Å². The van der Waals surface area contributed by atoms with Gasteiger partial charge < -0.3 is 10.4 Å². The van der Waals surface area contributed by atoms with E-state index in [9.17, 15) is 9.59 Å². The number of unbranched alkanes of at least 4 members (excludes halogenated alkanes) is 12. The molecular weight excluding hydrogens is 302 g/mol. The van der Waals surface area contributed by atoms with E-state index in [1.165, 1.54) is 70.6 Å². The Hall–Kier alpha value is -1.06. The SMILES string of the molecule is CCCCCCCCCCCCCCCC(=O)O.O=C1CCCN1. The molecule has 0 bridgehead atoms. The van der Waals surface area contributed by atoms with Crippen molar-refractivity contribution in [2.75, 3.05) is 6.54 Å². The summed E-state index contributed by atoms with van der Waals surface area (Å²) >= 11 is 0. The summed E-state index contributed by atoms with van der Waals surface area (Å²) in [6.07, 6.45) is 19.0. The minimum Gasteiger partial charge on any atom is -0.481 e. The molecule has 1 amide bonds. The first-order chi connectivity index (χ1) is 11.7. The third-order valence-corrected chi connectivity index (χ3v) is 4.40. The van der Waals surface area contributed by atoms with Crippen molar-refractivity contribution in [3.8, 4) is 0 Å². The van der Waals surface area contributed by atoms with Gasteiger partial charge >= 0.3 is 5.97 Å². The molecule has 142 valence electrons. The summed E-state index contributed by atoms with van der Waals surface area (Å²) in [7, 11) is 0. The van der Waals surface area contributed by atoms with Crippen molar-refractivity contribution in [2.45, 2.75) is 110 Å². The topological polar surface area (TPSA) is 66.4 Å². The molecule has 0 aromatic carbocycles. The van der Waals surface area contributed by atoms with Crippen molar-refractivity contribution >= 4 is 11.9 Å². The van der Waals surface area contributed by atoms with Crippen molar-refractivity contribution in [3.05, 3.63) is 0 Å². The number of rotatable bonds is 14. The number of amides is 1. The number of nitrogens with one attached hydrogen (secondary N) is 1. The van der Waals surface area contributed by atoms with Gasteiger partial charge in [-0.25, -0.2) is 0 Å². The number of carbonyl (C=O) groups is 2. The fraction of sp³-hybridized carbons (Fsp3) is 0.900. The second kappa shape index (κ2) is 18.3. The Morgan fingerprint density at radius 2 is 1.33 bits per heavy atom.